The molecule has 1 amide bonds. The molecule has 0 bridgehead atoms. The molecule has 1 aromatic carbocycles. The highest BCUT2D eigenvalue weighted by molar-refractivity contribution is 6.30. The van der Waals surface area contributed by atoms with E-state index in [9.17, 15) is 4.79 Å². The van der Waals surface area contributed by atoms with Gasteiger partial charge in [-0.15, -0.1) is 0 Å². The van der Waals surface area contributed by atoms with Crippen molar-refractivity contribution in [3.63, 3.8) is 0 Å². The zero-order valence-electron chi connectivity index (χ0n) is 11.5. The van der Waals surface area contributed by atoms with Gasteiger partial charge in [0.2, 0.25) is 5.91 Å². The highest BCUT2D eigenvalue weighted by atomic mass is 35.5. The minimum Gasteiger partial charge on any atom is -0.326 e. The van der Waals surface area contributed by atoms with Crippen molar-refractivity contribution in [3.05, 3.63) is 29.3 Å². The first kappa shape index (κ1) is 14.4. The highest BCUT2D eigenvalue weighted by Gasteiger charge is 2.26. The van der Waals surface area contributed by atoms with Crippen LogP contribution < -0.4 is 5.32 Å². The van der Waals surface area contributed by atoms with Crippen LogP contribution >= 0.6 is 11.6 Å². The van der Waals surface area contributed by atoms with Crippen molar-refractivity contribution < 1.29 is 4.79 Å². The number of amides is 1. The second-order valence-electron chi connectivity index (χ2n) is 5.42. The summed E-state index contributed by atoms with van der Waals surface area (Å²) in [7, 11) is 0. The smallest absolute Gasteiger partial charge is 0.228 e. The molecule has 1 fully saturated rings. The molecule has 2 rings (SSSR count). The normalized spacial score (nSPS) is 20.5. The van der Waals surface area contributed by atoms with Crippen LogP contribution in [-0.4, -0.2) is 29.9 Å². The van der Waals surface area contributed by atoms with E-state index in [-0.39, 0.29) is 11.8 Å². The molecule has 0 radical (unpaired) electrons. The molecule has 1 N–H and O–H groups in total. The summed E-state index contributed by atoms with van der Waals surface area (Å²) >= 11 is 5.83. The van der Waals surface area contributed by atoms with E-state index in [4.69, 9.17) is 11.6 Å². The van der Waals surface area contributed by atoms with Gasteiger partial charge in [-0.05, 0) is 57.5 Å². The van der Waals surface area contributed by atoms with E-state index in [1.807, 2.05) is 12.1 Å². The summed E-state index contributed by atoms with van der Waals surface area (Å²) in [5.74, 6) is 0.208. The van der Waals surface area contributed by atoms with Crippen molar-refractivity contribution in [1.82, 2.24) is 4.90 Å². The molecule has 0 spiro atoms. The van der Waals surface area contributed by atoms with Gasteiger partial charge in [-0.25, -0.2) is 0 Å². The first-order valence-corrected chi connectivity index (χ1v) is 7.24. The van der Waals surface area contributed by atoms with Crippen LogP contribution in [0.2, 0.25) is 5.02 Å². The Hall–Kier alpha value is -1.06. The standard InChI is InChI=1S/C15H21ClN2O/c1-11(2)18-9-3-4-12(10-18)15(19)17-14-7-5-13(16)6-8-14/h5-8,11-12H,3-4,9-10H2,1-2H3,(H,17,19). The van der Waals surface area contributed by atoms with Crippen LogP contribution in [0.1, 0.15) is 26.7 Å². The number of halogens is 1. The van der Waals surface area contributed by atoms with Gasteiger partial charge in [0.15, 0.2) is 0 Å². The fourth-order valence-corrected chi connectivity index (χ4v) is 2.59. The lowest BCUT2D eigenvalue weighted by Gasteiger charge is -2.34. The zero-order valence-corrected chi connectivity index (χ0v) is 12.3. The lowest BCUT2D eigenvalue weighted by Crippen LogP contribution is -2.43. The quantitative estimate of drug-likeness (QED) is 0.920. The van der Waals surface area contributed by atoms with E-state index >= 15 is 0 Å². The van der Waals surface area contributed by atoms with Crippen LogP contribution in [0, 0.1) is 5.92 Å². The number of carbonyl (C=O) groups is 1. The van der Waals surface area contributed by atoms with E-state index in [1.165, 1.54) is 0 Å². The lowest BCUT2D eigenvalue weighted by atomic mass is 9.96. The molecule has 1 aliphatic rings. The Kier molecular flexibility index (Phi) is 4.83. The molecule has 1 atom stereocenters. The summed E-state index contributed by atoms with van der Waals surface area (Å²) in [6.45, 7) is 6.32. The van der Waals surface area contributed by atoms with Crippen LogP contribution in [0.25, 0.3) is 0 Å². The van der Waals surface area contributed by atoms with E-state index in [1.54, 1.807) is 12.1 Å². The Bertz CT molecular complexity index is 430. The number of rotatable bonds is 3. The number of likely N-dealkylation sites (tertiary alicyclic amines) is 1. The molecule has 104 valence electrons. The molecule has 1 heterocycles. The van der Waals surface area contributed by atoms with Crippen molar-refractivity contribution in [2.24, 2.45) is 5.92 Å². The second-order valence-corrected chi connectivity index (χ2v) is 5.86. The fraction of sp³-hybridized carbons (Fsp3) is 0.533. The number of carbonyl (C=O) groups excluding carboxylic acids is 1. The first-order chi connectivity index (χ1) is 9.06. The van der Waals surface area contributed by atoms with Gasteiger partial charge in [-0.1, -0.05) is 11.6 Å². The van der Waals surface area contributed by atoms with Crippen molar-refractivity contribution in [1.29, 1.82) is 0 Å². The predicted molar refractivity (Wildman–Crippen MR) is 79.5 cm³/mol. The number of hydrogen-bond acceptors (Lipinski definition) is 2. The summed E-state index contributed by atoms with van der Waals surface area (Å²) in [5.41, 5.74) is 0.816. The Morgan fingerprint density at radius 1 is 1.37 bits per heavy atom. The molecule has 3 nitrogen and oxygen atoms in total. The minimum atomic E-state index is 0.0897. The predicted octanol–water partition coefficient (Wildman–Crippen LogP) is 3.40. The maximum Gasteiger partial charge on any atom is 0.228 e. The number of nitrogens with zero attached hydrogens (tertiary/aromatic N) is 1. The Morgan fingerprint density at radius 3 is 2.68 bits per heavy atom. The van der Waals surface area contributed by atoms with Crippen molar-refractivity contribution in [2.75, 3.05) is 18.4 Å². The molecule has 4 heteroatoms. The molecular formula is C15H21ClN2O. The van der Waals surface area contributed by atoms with E-state index in [0.29, 0.717) is 11.1 Å². The Labute approximate surface area is 119 Å². The van der Waals surface area contributed by atoms with Gasteiger partial charge in [0.25, 0.3) is 0 Å². The van der Waals surface area contributed by atoms with Gasteiger partial charge in [-0.2, -0.15) is 0 Å². The van der Waals surface area contributed by atoms with Gasteiger partial charge in [0.1, 0.15) is 0 Å². The molecule has 1 saturated heterocycles. The maximum absolute atomic E-state index is 12.2. The Balaban J connectivity index is 1.94. The van der Waals surface area contributed by atoms with Crippen LogP contribution in [0.15, 0.2) is 24.3 Å². The molecular weight excluding hydrogens is 260 g/mol. The van der Waals surface area contributed by atoms with E-state index in [2.05, 4.69) is 24.1 Å². The van der Waals surface area contributed by atoms with Crippen LogP contribution in [0.4, 0.5) is 5.69 Å². The highest BCUT2D eigenvalue weighted by Crippen LogP contribution is 2.21. The Morgan fingerprint density at radius 2 is 2.05 bits per heavy atom. The largest absolute Gasteiger partial charge is 0.326 e. The van der Waals surface area contributed by atoms with Gasteiger partial charge < -0.3 is 10.2 Å². The van der Waals surface area contributed by atoms with Crippen LogP contribution in [0.3, 0.4) is 0 Å². The monoisotopic (exact) mass is 280 g/mol. The van der Waals surface area contributed by atoms with Crippen molar-refractivity contribution in [3.8, 4) is 0 Å². The summed E-state index contributed by atoms with van der Waals surface area (Å²) in [6.07, 6.45) is 2.07. The molecule has 19 heavy (non-hydrogen) atoms. The summed E-state index contributed by atoms with van der Waals surface area (Å²) in [5, 5.41) is 3.66. The SMILES string of the molecule is CC(C)N1CCCC(C(=O)Nc2ccc(Cl)cc2)C1. The first-order valence-electron chi connectivity index (χ1n) is 6.87. The second kappa shape index (κ2) is 6.40. The van der Waals surface area contributed by atoms with Crippen molar-refractivity contribution >= 4 is 23.2 Å². The summed E-state index contributed by atoms with van der Waals surface area (Å²) in [6, 6.07) is 7.76. The fourth-order valence-electron chi connectivity index (χ4n) is 2.47. The number of piperidine rings is 1. The van der Waals surface area contributed by atoms with E-state index in [0.717, 1.165) is 31.6 Å². The van der Waals surface area contributed by atoms with Gasteiger partial charge >= 0.3 is 0 Å². The number of benzene rings is 1. The lowest BCUT2D eigenvalue weighted by molar-refractivity contribution is -0.121. The average molecular weight is 281 g/mol. The third-order valence-corrected chi connectivity index (χ3v) is 3.92. The zero-order chi connectivity index (χ0) is 13.8. The van der Waals surface area contributed by atoms with Gasteiger partial charge in [0.05, 0.1) is 5.92 Å². The topological polar surface area (TPSA) is 32.3 Å². The number of nitrogens with one attached hydrogen (secondary N) is 1. The van der Waals surface area contributed by atoms with Gasteiger partial charge in [0, 0.05) is 23.3 Å². The molecule has 0 aromatic heterocycles. The van der Waals surface area contributed by atoms with Crippen molar-refractivity contribution in [2.45, 2.75) is 32.7 Å². The van der Waals surface area contributed by atoms with Gasteiger partial charge in [-0.3, -0.25) is 4.79 Å². The maximum atomic E-state index is 12.2. The average Bonchev–Trinajstić information content (AvgIpc) is 2.41. The molecule has 1 aromatic rings. The van der Waals surface area contributed by atoms with E-state index < -0.39 is 0 Å². The number of anilines is 1. The third-order valence-electron chi connectivity index (χ3n) is 3.67. The van der Waals surface area contributed by atoms with Crippen LogP contribution in [0.5, 0.6) is 0 Å². The molecule has 0 aliphatic carbocycles. The molecule has 1 aliphatic heterocycles. The summed E-state index contributed by atoms with van der Waals surface area (Å²) in [4.78, 5) is 14.6. The van der Waals surface area contributed by atoms with Crippen LogP contribution in [-0.2, 0) is 4.79 Å². The third kappa shape index (κ3) is 3.95. The molecule has 0 saturated carbocycles. The summed E-state index contributed by atoms with van der Waals surface area (Å²) < 4.78 is 0. The number of hydrogen-bond donors (Lipinski definition) is 1. The molecule has 1 unspecified atom stereocenters. The minimum absolute atomic E-state index is 0.0897.